The summed E-state index contributed by atoms with van der Waals surface area (Å²) in [4.78, 5) is 24.0. The summed E-state index contributed by atoms with van der Waals surface area (Å²) in [7, 11) is 3.02. The Bertz CT molecular complexity index is 649. The van der Waals surface area contributed by atoms with E-state index in [1.54, 1.807) is 32.9 Å². The molecule has 0 aliphatic carbocycles. The van der Waals surface area contributed by atoms with Crippen LogP contribution in [0.3, 0.4) is 0 Å². The number of carboxylic acid groups (broad SMARTS) is 1. The number of fused-ring (bicyclic) bond motifs is 1. The van der Waals surface area contributed by atoms with E-state index in [2.05, 4.69) is 5.32 Å². The van der Waals surface area contributed by atoms with Gasteiger partial charge in [-0.2, -0.15) is 0 Å². The van der Waals surface area contributed by atoms with E-state index in [0.29, 0.717) is 17.2 Å². The Morgan fingerprint density at radius 3 is 2.25 bits per heavy atom. The standard InChI is InChI=1S/C17H23NO6/c1-17(2,3)24-16(21)14-10(15(19)20)6-9-7-12(22-4)13(23-5)8-11(9)18-14/h7-8,10,14,18H,6H2,1-5H3,(H,19,20)/t10-,14?/m0/s1. The van der Waals surface area contributed by atoms with Gasteiger partial charge in [0.25, 0.3) is 0 Å². The molecule has 1 heterocycles. The molecule has 0 radical (unpaired) electrons. The van der Waals surface area contributed by atoms with Crippen LogP contribution in [0.2, 0.25) is 0 Å². The average molecular weight is 337 g/mol. The number of hydrogen-bond donors (Lipinski definition) is 2. The van der Waals surface area contributed by atoms with E-state index < -0.39 is 29.5 Å². The zero-order valence-corrected chi connectivity index (χ0v) is 14.5. The summed E-state index contributed by atoms with van der Waals surface area (Å²) in [5, 5.41) is 12.5. The fourth-order valence-electron chi connectivity index (χ4n) is 2.67. The number of ether oxygens (including phenoxy) is 3. The first-order valence-corrected chi connectivity index (χ1v) is 7.63. The van der Waals surface area contributed by atoms with E-state index in [4.69, 9.17) is 14.2 Å². The maximum absolute atomic E-state index is 12.4. The minimum Gasteiger partial charge on any atom is -0.493 e. The van der Waals surface area contributed by atoms with Crippen LogP contribution in [0.1, 0.15) is 26.3 Å². The Kier molecular flexibility index (Phi) is 4.91. The number of carboxylic acids is 1. The third-order valence-corrected chi connectivity index (χ3v) is 3.74. The lowest BCUT2D eigenvalue weighted by atomic mass is 9.87. The van der Waals surface area contributed by atoms with Gasteiger partial charge in [-0.15, -0.1) is 0 Å². The number of benzene rings is 1. The van der Waals surface area contributed by atoms with Gasteiger partial charge in [0, 0.05) is 11.8 Å². The van der Waals surface area contributed by atoms with E-state index in [9.17, 15) is 14.7 Å². The third-order valence-electron chi connectivity index (χ3n) is 3.74. The molecule has 1 aromatic carbocycles. The summed E-state index contributed by atoms with van der Waals surface area (Å²) < 4.78 is 15.9. The fraction of sp³-hybridized carbons (Fsp3) is 0.529. The molecular formula is C17H23NO6. The Balaban J connectivity index is 2.38. The van der Waals surface area contributed by atoms with Gasteiger partial charge in [-0.05, 0) is 38.8 Å². The summed E-state index contributed by atoms with van der Waals surface area (Å²) in [5.41, 5.74) is 0.695. The quantitative estimate of drug-likeness (QED) is 0.812. The Morgan fingerprint density at radius 2 is 1.75 bits per heavy atom. The number of carbonyl (C=O) groups excluding carboxylic acids is 1. The molecule has 0 saturated heterocycles. The van der Waals surface area contributed by atoms with Gasteiger partial charge in [0.05, 0.1) is 20.1 Å². The lowest BCUT2D eigenvalue weighted by Crippen LogP contribution is -2.47. The number of hydrogen-bond acceptors (Lipinski definition) is 6. The van der Waals surface area contributed by atoms with Crippen molar-refractivity contribution in [2.75, 3.05) is 19.5 Å². The van der Waals surface area contributed by atoms with Gasteiger partial charge >= 0.3 is 11.9 Å². The van der Waals surface area contributed by atoms with Crippen LogP contribution in [0.4, 0.5) is 5.69 Å². The van der Waals surface area contributed by atoms with E-state index >= 15 is 0 Å². The summed E-state index contributed by atoms with van der Waals surface area (Å²) in [6.45, 7) is 5.22. The van der Waals surface area contributed by atoms with Gasteiger partial charge in [0.15, 0.2) is 11.5 Å². The molecule has 0 spiro atoms. The number of methoxy groups -OCH3 is 2. The molecular weight excluding hydrogens is 314 g/mol. The molecule has 0 saturated carbocycles. The van der Waals surface area contributed by atoms with E-state index in [1.807, 2.05) is 0 Å². The van der Waals surface area contributed by atoms with Gasteiger partial charge in [-0.3, -0.25) is 4.79 Å². The molecule has 2 N–H and O–H groups in total. The minimum atomic E-state index is -1.06. The number of rotatable bonds is 4. The van der Waals surface area contributed by atoms with Crippen molar-refractivity contribution >= 4 is 17.6 Å². The van der Waals surface area contributed by atoms with E-state index in [-0.39, 0.29) is 6.42 Å². The molecule has 1 aromatic rings. The topological polar surface area (TPSA) is 94.1 Å². The molecule has 1 aliphatic rings. The molecule has 132 valence electrons. The number of anilines is 1. The molecule has 1 aliphatic heterocycles. The number of aliphatic carboxylic acids is 1. The highest BCUT2D eigenvalue weighted by molar-refractivity contribution is 5.89. The third kappa shape index (κ3) is 3.72. The minimum absolute atomic E-state index is 0.196. The molecule has 0 amide bonds. The number of esters is 1. The maximum atomic E-state index is 12.4. The van der Waals surface area contributed by atoms with Gasteiger partial charge in [0.2, 0.25) is 0 Å². The van der Waals surface area contributed by atoms with Crippen LogP contribution in [0.15, 0.2) is 12.1 Å². The molecule has 7 nitrogen and oxygen atoms in total. The van der Waals surface area contributed by atoms with Crippen LogP contribution >= 0.6 is 0 Å². The largest absolute Gasteiger partial charge is 0.493 e. The smallest absolute Gasteiger partial charge is 0.329 e. The molecule has 7 heteroatoms. The second kappa shape index (κ2) is 6.59. The van der Waals surface area contributed by atoms with E-state index in [1.165, 1.54) is 14.2 Å². The van der Waals surface area contributed by atoms with Crippen molar-refractivity contribution in [3.8, 4) is 11.5 Å². The van der Waals surface area contributed by atoms with Crippen molar-refractivity contribution in [2.45, 2.75) is 38.8 Å². The Labute approximate surface area is 140 Å². The highest BCUT2D eigenvalue weighted by Gasteiger charge is 2.40. The summed E-state index contributed by atoms with van der Waals surface area (Å²) in [6, 6.07) is 2.46. The van der Waals surface area contributed by atoms with Crippen molar-refractivity contribution in [3.05, 3.63) is 17.7 Å². The van der Waals surface area contributed by atoms with E-state index in [0.717, 1.165) is 5.56 Å². The molecule has 1 unspecified atom stereocenters. The predicted octanol–water partition coefficient (Wildman–Crippen LogP) is 2.08. The van der Waals surface area contributed by atoms with Gasteiger partial charge < -0.3 is 24.6 Å². The average Bonchev–Trinajstić information content (AvgIpc) is 2.50. The molecule has 2 rings (SSSR count). The number of carbonyl (C=O) groups is 2. The normalized spacial score (nSPS) is 19.7. The Morgan fingerprint density at radius 1 is 1.17 bits per heavy atom. The molecule has 0 bridgehead atoms. The van der Waals surface area contributed by atoms with Crippen LogP contribution < -0.4 is 14.8 Å². The summed E-state index contributed by atoms with van der Waals surface area (Å²) >= 11 is 0. The van der Waals surface area contributed by atoms with Crippen molar-refractivity contribution in [3.63, 3.8) is 0 Å². The van der Waals surface area contributed by atoms with Crippen molar-refractivity contribution in [1.82, 2.24) is 0 Å². The highest BCUT2D eigenvalue weighted by Crippen LogP contribution is 2.38. The monoisotopic (exact) mass is 337 g/mol. The molecule has 0 fully saturated rings. The first-order chi connectivity index (χ1) is 11.2. The van der Waals surface area contributed by atoms with Crippen LogP contribution in [0.25, 0.3) is 0 Å². The molecule has 24 heavy (non-hydrogen) atoms. The van der Waals surface area contributed by atoms with Crippen LogP contribution in [0.5, 0.6) is 11.5 Å². The Hall–Kier alpha value is -2.44. The molecule has 0 aromatic heterocycles. The second-order valence-electron chi connectivity index (χ2n) is 6.67. The lowest BCUT2D eigenvalue weighted by molar-refractivity contribution is -0.161. The SMILES string of the molecule is COc1cc2c(cc1OC)NC(C(=O)OC(C)(C)C)[C@@H](C(=O)O)C2. The fourth-order valence-corrected chi connectivity index (χ4v) is 2.67. The first-order valence-electron chi connectivity index (χ1n) is 7.63. The van der Waals surface area contributed by atoms with Crippen LogP contribution in [-0.4, -0.2) is 42.9 Å². The zero-order valence-electron chi connectivity index (χ0n) is 14.5. The first kappa shape index (κ1) is 17.9. The van der Waals surface area contributed by atoms with Crippen LogP contribution in [0, 0.1) is 5.92 Å². The van der Waals surface area contributed by atoms with Crippen LogP contribution in [-0.2, 0) is 20.7 Å². The van der Waals surface area contributed by atoms with Gasteiger partial charge in [-0.25, -0.2) is 4.79 Å². The van der Waals surface area contributed by atoms with Crippen molar-refractivity contribution in [2.24, 2.45) is 5.92 Å². The predicted molar refractivity (Wildman–Crippen MR) is 87.6 cm³/mol. The summed E-state index contributed by atoms with van der Waals surface area (Å²) in [6.07, 6.45) is 0.196. The van der Waals surface area contributed by atoms with Crippen molar-refractivity contribution < 1.29 is 28.9 Å². The second-order valence-corrected chi connectivity index (χ2v) is 6.67. The van der Waals surface area contributed by atoms with Gasteiger partial charge in [-0.1, -0.05) is 0 Å². The number of nitrogens with one attached hydrogen (secondary N) is 1. The molecule has 2 atom stereocenters. The highest BCUT2D eigenvalue weighted by atomic mass is 16.6. The maximum Gasteiger partial charge on any atom is 0.329 e. The summed E-state index contributed by atoms with van der Waals surface area (Å²) in [5.74, 6) is -1.56. The zero-order chi connectivity index (χ0) is 18.1. The van der Waals surface area contributed by atoms with Crippen molar-refractivity contribution in [1.29, 1.82) is 0 Å². The van der Waals surface area contributed by atoms with Gasteiger partial charge in [0.1, 0.15) is 11.6 Å². The lowest BCUT2D eigenvalue weighted by Gasteiger charge is -2.33.